The number of rotatable bonds is 5. The lowest BCUT2D eigenvalue weighted by Gasteiger charge is -2.10. The predicted octanol–water partition coefficient (Wildman–Crippen LogP) is 4.85. The fourth-order valence-corrected chi connectivity index (χ4v) is 2.76. The van der Waals surface area contributed by atoms with E-state index in [1.54, 1.807) is 6.07 Å². The van der Waals surface area contributed by atoms with Crippen LogP contribution in [-0.4, -0.2) is 11.7 Å². The minimum Gasteiger partial charge on any atom is -0.399 e. The van der Waals surface area contributed by atoms with E-state index in [9.17, 15) is 4.79 Å². The second kappa shape index (κ2) is 8.85. The molecule has 5 heteroatoms. The summed E-state index contributed by atoms with van der Waals surface area (Å²) in [5, 5.41) is 2.91. The summed E-state index contributed by atoms with van der Waals surface area (Å²) >= 11 is 1.53. The number of anilines is 2. The van der Waals surface area contributed by atoms with Crippen molar-refractivity contribution in [2.45, 2.75) is 31.6 Å². The van der Waals surface area contributed by atoms with Gasteiger partial charge in [-0.3, -0.25) is 4.79 Å². The molecule has 3 N–H and O–H groups in total. The number of hydrogen-bond donors (Lipinski definition) is 2. The number of thioether (sulfide) groups is 1. The Morgan fingerprint density at radius 1 is 1.17 bits per heavy atom. The lowest BCUT2D eigenvalue weighted by Crippen LogP contribution is -2.15. The third kappa shape index (κ3) is 5.81. The highest BCUT2D eigenvalue weighted by Crippen LogP contribution is 2.23. The van der Waals surface area contributed by atoms with E-state index in [4.69, 9.17) is 5.73 Å². The summed E-state index contributed by atoms with van der Waals surface area (Å²) in [5.41, 5.74) is 9.50. The van der Waals surface area contributed by atoms with E-state index in [0.717, 1.165) is 16.1 Å². The fourth-order valence-electron chi connectivity index (χ4n) is 2.06. The number of nitrogens with one attached hydrogen (secondary N) is 1. The summed E-state index contributed by atoms with van der Waals surface area (Å²) in [6, 6.07) is 13.9. The van der Waals surface area contributed by atoms with Gasteiger partial charge in [0.15, 0.2) is 0 Å². The molecule has 0 saturated heterocycles. The Morgan fingerprint density at radius 3 is 2.43 bits per heavy atom. The Morgan fingerprint density at radius 2 is 1.83 bits per heavy atom. The van der Waals surface area contributed by atoms with Crippen molar-refractivity contribution in [3.05, 3.63) is 53.6 Å². The molecule has 0 heterocycles. The van der Waals surface area contributed by atoms with Crippen LogP contribution in [0.15, 0.2) is 47.4 Å². The molecule has 2 aromatic carbocycles. The van der Waals surface area contributed by atoms with Crippen LogP contribution in [0.1, 0.15) is 30.9 Å². The second-order valence-corrected chi connectivity index (χ2v) is 6.68. The number of hydrogen-bond acceptors (Lipinski definition) is 3. The minimum atomic E-state index is -0.0216. The molecule has 1 amide bonds. The summed E-state index contributed by atoms with van der Waals surface area (Å²) in [5.74, 6) is 0.885. The second-order valence-electron chi connectivity index (χ2n) is 5.63. The first-order chi connectivity index (χ1) is 10.5. The summed E-state index contributed by atoms with van der Waals surface area (Å²) < 4.78 is 0. The molecule has 0 aliphatic rings. The monoisotopic (exact) mass is 350 g/mol. The third-order valence-electron chi connectivity index (χ3n) is 3.45. The number of aryl methyl sites for hydroxylation is 1. The Kier molecular flexibility index (Phi) is 7.46. The molecule has 3 nitrogen and oxygen atoms in total. The predicted molar refractivity (Wildman–Crippen MR) is 103 cm³/mol. The molecular formula is C18H23ClN2OS. The van der Waals surface area contributed by atoms with Gasteiger partial charge in [0.05, 0.1) is 5.75 Å². The highest BCUT2D eigenvalue weighted by Gasteiger charge is 2.07. The maximum absolute atomic E-state index is 12.1. The van der Waals surface area contributed by atoms with Crippen LogP contribution in [0.3, 0.4) is 0 Å². The van der Waals surface area contributed by atoms with Gasteiger partial charge >= 0.3 is 0 Å². The summed E-state index contributed by atoms with van der Waals surface area (Å²) in [7, 11) is 0. The smallest absolute Gasteiger partial charge is 0.234 e. The molecule has 0 saturated carbocycles. The van der Waals surface area contributed by atoms with Crippen LogP contribution in [0, 0.1) is 6.92 Å². The summed E-state index contributed by atoms with van der Waals surface area (Å²) in [4.78, 5) is 13.2. The van der Waals surface area contributed by atoms with Gasteiger partial charge in [-0.2, -0.15) is 0 Å². The van der Waals surface area contributed by atoms with Gasteiger partial charge in [-0.25, -0.2) is 0 Å². The van der Waals surface area contributed by atoms with Gasteiger partial charge in [0.2, 0.25) is 5.91 Å². The number of carbonyl (C=O) groups excluding carboxylic acids is 1. The van der Waals surface area contributed by atoms with Crippen molar-refractivity contribution in [3.63, 3.8) is 0 Å². The summed E-state index contributed by atoms with van der Waals surface area (Å²) in [6.45, 7) is 6.29. The number of nitrogens with two attached hydrogens (primary N) is 1. The van der Waals surface area contributed by atoms with Gasteiger partial charge in [0.25, 0.3) is 0 Å². The van der Waals surface area contributed by atoms with E-state index in [1.807, 2.05) is 19.1 Å². The van der Waals surface area contributed by atoms with Crippen molar-refractivity contribution in [2.24, 2.45) is 0 Å². The van der Waals surface area contributed by atoms with Gasteiger partial charge in [0, 0.05) is 16.3 Å². The average Bonchev–Trinajstić information content (AvgIpc) is 2.49. The molecule has 0 unspecified atom stereocenters. The molecule has 0 aliphatic carbocycles. The Labute approximate surface area is 148 Å². The van der Waals surface area contributed by atoms with Crippen molar-refractivity contribution >= 4 is 41.5 Å². The van der Waals surface area contributed by atoms with Gasteiger partial charge in [-0.05, 0) is 48.2 Å². The van der Waals surface area contributed by atoms with Gasteiger partial charge in [0.1, 0.15) is 0 Å². The molecule has 0 aromatic heterocycles. The molecule has 0 aliphatic heterocycles. The standard InChI is InChI=1S/C18H22N2OS.ClH/c1-12(2)14-5-8-16(9-6-14)22-11-18(21)20-17-10-15(19)7-4-13(17)3;/h4-10,12H,11,19H2,1-3H3,(H,20,21);1H. The minimum absolute atomic E-state index is 0. The number of carbonyl (C=O) groups is 1. The largest absolute Gasteiger partial charge is 0.399 e. The zero-order valence-corrected chi connectivity index (χ0v) is 15.3. The molecule has 2 aromatic rings. The highest BCUT2D eigenvalue weighted by molar-refractivity contribution is 8.00. The lowest BCUT2D eigenvalue weighted by atomic mass is 10.0. The van der Waals surface area contributed by atoms with Crippen LogP contribution in [0.2, 0.25) is 0 Å². The van der Waals surface area contributed by atoms with Crippen LogP contribution in [-0.2, 0) is 4.79 Å². The first-order valence-corrected chi connectivity index (χ1v) is 8.33. The molecule has 0 bridgehead atoms. The normalized spacial score (nSPS) is 10.3. The van der Waals surface area contributed by atoms with Crippen LogP contribution in [0.4, 0.5) is 11.4 Å². The Hall–Kier alpha value is -1.65. The van der Waals surface area contributed by atoms with E-state index < -0.39 is 0 Å². The SMILES string of the molecule is Cc1ccc(N)cc1NC(=O)CSc1ccc(C(C)C)cc1.Cl. The molecule has 0 fully saturated rings. The van der Waals surface area contributed by atoms with Crippen molar-refractivity contribution in [2.75, 3.05) is 16.8 Å². The van der Waals surface area contributed by atoms with Crippen molar-refractivity contribution in [1.29, 1.82) is 0 Å². The van der Waals surface area contributed by atoms with E-state index in [-0.39, 0.29) is 18.3 Å². The zero-order valence-electron chi connectivity index (χ0n) is 13.6. The van der Waals surface area contributed by atoms with Crippen LogP contribution < -0.4 is 11.1 Å². The fraction of sp³-hybridized carbons (Fsp3) is 0.278. The first kappa shape index (κ1) is 19.4. The van der Waals surface area contributed by atoms with Gasteiger partial charge in [-0.15, -0.1) is 24.2 Å². The zero-order chi connectivity index (χ0) is 16.1. The molecule has 0 spiro atoms. The number of nitrogen functional groups attached to an aromatic ring is 1. The number of benzene rings is 2. The topological polar surface area (TPSA) is 55.1 Å². The van der Waals surface area contributed by atoms with Gasteiger partial charge in [-0.1, -0.05) is 32.0 Å². The molecule has 0 atom stereocenters. The average molecular weight is 351 g/mol. The quantitative estimate of drug-likeness (QED) is 0.598. The molecule has 0 radical (unpaired) electrons. The first-order valence-electron chi connectivity index (χ1n) is 7.34. The van der Waals surface area contributed by atoms with E-state index >= 15 is 0 Å². The maximum atomic E-state index is 12.1. The number of halogens is 1. The highest BCUT2D eigenvalue weighted by atomic mass is 35.5. The lowest BCUT2D eigenvalue weighted by molar-refractivity contribution is -0.113. The van der Waals surface area contributed by atoms with Crippen molar-refractivity contribution in [1.82, 2.24) is 0 Å². The summed E-state index contributed by atoms with van der Waals surface area (Å²) in [6.07, 6.45) is 0. The van der Waals surface area contributed by atoms with Crippen LogP contribution >= 0.6 is 24.2 Å². The van der Waals surface area contributed by atoms with E-state index in [1.165, 1.54) is 17.3 Å². The maximum Gasteiger partial charge on any atom is 0.234 e. The van der Waals surface area contributed by atoms with Gasteiger partial charge < -0.3 is 11.1 Å². The van der Waals surface area contributed by atoms with E-state index in [0.29, 0.717) is 17.4 Å². The van der Waals surface area contributed by atoms with E-state index in [2.05, 4.69) is 43.4 Å². The molecule has 23 heavy (non-hydrogen) atoms. The van der Waals surface area contributed by atoms with Crippen molar-refractivity contribution < 1.29 is 4.79 Å². The third-order valence-corrected chi connectivity index (χ3v) is 4.46. The van der Waals surface area contributed by atoms with Crippen LogP contribution in [0.25, 0.3) is 0 Å². The van der Waals surface area contributed by atoms with Crippen molar-refractivity contribution in [3.8, 4) is 0 Å². The molecule has 2 rings (SSSR count). The Bertz CT molecular complexity index is 657. The molecule has 124 valence electrons. The molecular weight excluding hydrogens is 328 g/mol. The Balaban J connectivity index is 0.00000264. The number of amides is 1. The van der Waals surface area contributed by atoms with Crippen LogP contribution in [0.5, 0.6) is 0 Å².